The molecule has 10 heteroatoms. The second kappa shape index (κ2) is 12.8. The number of nitro groups is 1. The molecule has 0 bridgehead atoms. The number of hydrogen-bond acceptors (Lipinski definition) is 7. The van der Waals surface area contributed by atoms with Crippen molar-refractivity contribution in [3.8, 4) is 11.5 Å². The number of nitrogens with two attached hydrogens (primary N) is 1. The number of anilines is 5. The summed E-state index contributed by atoms with van der Waals surface area (Å²) < 4.78 is 11.9. The Balaban J connectivity index is 0.000000202. The fourth-order valence-electron chi connectivity index (χ4n) is 3.06. The fourth-order valence-corrected chi connectivity index (χ4v) is 3.79. The highest BCUT2D eigenvalue weighted by Gasteiger charge is 2.13. The molecule has 0 saturated carbocycles. The maximum atomic E-state index is 11.0. The van der Waals surface area contributed by atoms with Gasteiger partial charge in [-0.2, -0.15) is 0 Å². The quantitative estimate of drug-likeness (QED) is 0.110. The van der Waals surface area contributed by atoms with E-state index >= 15 is 0 Å². The number of benzene rings is 4. The molecule has 0 amide bonds. The summed E-state index contributed by atoms with van der Waals surface area (Å²) in [4.78, 5) is 10.5. The van der Waals surface area contributed by atoms with Crippen LogP contribution in [0.4, 0.5) is 34.1 Å². The third-order valence-corrected chi connectivity index (χ3v) is 5.90. The molecule has 8 nitrogen and oxygen atoms in total. The summed E-state index contributed by atoms with van der Waals surface area (Å²) >= 11 is 6.72. The van der Waals surface area contributed by atoms with Crippen molar-refractivity contribution in [1.29, 1.82) is 0 Å². The Labute approximate surface area is 225 Å². The van der Waals surface area contributed by atoms with Crippen LogP contribution in [0.2, 0.25) is 0 Å². The van der Waals surface area contributed by atoms with E-state index in [0.717, 1.165) is 37.5 Å². The van der Waals surface area contributed by atoms with E-state index in [1.807, 2.05) is 42.5 Å². The third-order valence-electron chi connectivity index (χ3n) is 4.91. The van der Waals surface area contributed by atoms with Crippen molar-refractivity contribution < 1.29 is 14.4 Å². The molecule has 0 atom stereocenters. The zero-order chi connectivity index (χ0) is 26.1. The van der Waals surface area contributed by atoms with Gasteiger partial charge in [0.25, 0.3) is 5.69 Å². The van der Waals surface area contributed by atoms with Crippen LogP contribution in [0.25, 0.3) is 0 Å². The molecule has 0 aliphatic heterocycles. The van der Waals surface area contributed by atoms with E-state index in [0.29, 0.717) is 11.4 Å². The molecule has 4 rings (SSSR count). The first-order chi connectivity index (χ1) is 17.3. The van der Waals surface area contributed by atoms with Gasteiger partial charge in [-0.25, -0.2) is 0 Å². The number of halogens is 2. The Hall–Kier alpha value is -3.76. The van der Waals surface area contributed by atoms with Gasteiger partial charge in [0.1, 0.15) is 17.2 Å². The average Bonchev–Trinajstić information content (AvgIpc) is 2.87. The molecule has 4 aromatic rings. The van der Waals surface area contributed by atoms with Gasteiger partial charge in [0.15, 0.2) is 0 Å². The molecule has 4 aromatic carbocycles. The molecule has 0 heterocycles. The van der Waals surface area contributed by atoms with Crippen LogP contribution < -0.4 is 25.8 Å². The molecule has 0 aliphatic carbocycles. The molecular formula is C26H24Br2N4O4. The monoisotopic (exact) mass is 614 g/mol. The lowest BCUT2D eigenvalue weighted by molar-refractivity contribution is -0.383. The van der Waals surface area contributed by atoms with Crippen LogP contribution in [0.5, 0.6) is 11.5 Å². The largest absolute Gasteiger partial charge is 0.497 e. The maximum Gasteiger partial charge on any atom is 0.292 e. The van der Waals surface area contributed by atoms with Crippen LogP contribution in [0.3, 0.4) is 0 Å². The lowest BCUT2D eigenvalue weighted by Crippen LogP contribution is -1.97. The molecular weight excluding hydrogens is 592 g/mol. The van der Waals surface area contributed by atoms with Crippen LogP contribution >= 0.6 is 31.9 Å². The van der Waals surface area contributed by atoms with E-state index in [-0.39, 0.29) is 5.69 Å². The zero-order valence-corrected chi connectivity index (χ0v) is 22.7. The van der Waals surface area contributed by atoms with Crippen molar-refractivity contribution in [2.75, 3.05) is 30.6 Å². The van der Waals surface area contributed by atoms with E-state index in [9.17, 15) is 10.1 Å². The van der Waals surface area contributed by atoms with Gasteiger partial charge in [0.2, 0.25) is 0 Å². The van der Waals surface area contributed by atoms with Gasteiger partial charge in [-0.1, -0.05) is 31.9 Å². The van der Waals surface area contributed by atoms with Crippen LogP contribution in [-0.2, 0) is 0 Å². The Morgan fingerprint density at radius 1 is 0.722 bits per heavy atom. The van der Waals surface area contributed by atoms with Gasteiger partial charge in [0, 0.05) is 26.4 Å². The summed E-state index contributed by atoms with van der Waals surface area (Å²) in [5, 5.41) is 17.2. The second-order valence-electron chi connectivity index (χ2n) is 7.36. The highest BCUT2D eigenvalue weighted by molar-refractivity contribution is 9.10. The number of hydrogen-bond donors (Lipinski definition) is 3. The Kier molecular flexibility index (Phi) is 9.54. The molecule has 186 valence electrons. The van der Waals surface area contributed by atoms with E-state index in [2.05, 4.69) is 42.5 Å². The summed E-state index contributed by atoms with van der Waals surface area (Å²) in [6.07, 6.45) is 0. The first kappa shape index (κ1) is 26.8. The minimum atomic E-state index is -0.418. The summed E-state index contributed by atoms with van der Waals surface area (Å²) in [5.74, 6) is 1.56. The minimum absolute atomic E-state index is 0.0269. The molecule has 0 aromatic heterocycles. The SMILES string of the molecule is COc1ccc(Nc2cc(Br)ccc2N)cc1.COc1ccc(Nc2cc(Br)ccc2[N+](=O)[O-])cc1. The van der Waals surface area contributed by atoms with Crippen LogP contribution in [-0.4, -0.2) is 19.1 Å². The Bertz CT molecular complexity index is 1320. The van der Waals surface area contributed by atoms with Gasteiger partial charge < -0.3 is 25.8 Å². The molecule has 4 N–H and O–H groups in total. The van der Waals surface area contributed by atoms with Crippen molar-refractivity contribution in [1.82, 2.24) is 0 Å². The van der Waals surface area contributed by atoms with Gasteiger partial charge in [-0.15, -0.1) is 0 Å². The average molecular weight is 616 g/mol. The number of rotatable bonds is 7. The molecule has 0 spiro atoms. The van der Waals surface area contributed by atoms with Gasteiger partial charge in [-0.3, -0.25) is 10.1 Å². The standard InChI is InChI=1S/C13H11BrN2O3.C13H13BrN2O/c1-19-11-5-3-10(4-6-11)15-12-8-9(14)2-7-13(12)16(17)18;1-17-11-5-3-10(4-6-11)16-13-8-9(14)2-7-12(13)15/h2-8,15H,1H3;2-8,16H,15H2,1H3. The third kappa shape index (κ3) is 7.62. The Morgan fingerprint density at radius 2 is 1.17 bits per heavy atom. The molecule has 0 unspecified atom stereocenters. The van der Waals surface area contributed by atoms with Crippen molar-refractivity contribution in [2.45, 2.75) is 0 Å². The normalized spacial score (nSPS) is 10.0. The van der Waals surface area contributed by atoms with Crippen LogP contribution in [0.15, 0.2) is 93.9 Å². The fraction of sp³-hybridized carbons (Fsp3) is 0.0769. The molecule has 0 saturated heterocycles. The van der Waals surface area contributed by atoms with Crippen molar-refractivity contribution >= 4 is 66.0 Å². The summed E-state index contributed by atoms with van der Waals surface area (Å²) in [7, 11) is 3.23. The van der Waals surface area contributed by atoms with E-state index in [4.69, 9.17) is 15.2 Å². The summed E-state index contributed by atoms with van der Waals surface area (Å²) in [6, 6.07) is 25.3. The molecule has 36 heavy (non-hydrogen) atoms. The highest BCUT2D eigenvalue weighted by Crippen LogP contribution is 2.31. The van der Waals surface area contributed by atoms with Gasteiger partial charge in [-0.05, 0) is 78.9 Å². The predicted octanol–water partition coefficient (Wildman–Crippen LogP) is 7.89. The first-order valence-electron chi connectivity index (χ1n) is 10.6. The van der Waals surface area contributed by atoms with Crippen molar-refractivity contribution in [3.05, 3.63) is 104 Å². The van der Waals surface area contributed by atoms with E-state index in [1.54, 1.807) is 50.6 Å². The molecule has 0 fully saturated rings. The maximum absolute atomic E-state index is 11.0. The number of nitro benzene ring substituents is 1. The minimum Gasteiger partial charge on any atom is -0.497 e. The van der Waals surface area contributed by atoms with E-state index in [1.165, 1.54) is 6.07 Å². The number of methoxy groups -OCH3 is 2. The lowest BCUT2D eigenvalue weighted by Gasteiger charge is -2.10. The predicted molar refractivity (Wildman–Crippen MR) is 152 cm³/mol. The van der Waals surface area contributed by atoms with Crippen molar-refractivity contribution in [2.24, 2.45) is 0 Å². The van der Waals surface area contributed by atoms with Crippen molar-refractivity contribution in [3.63, 3.8) is 0 Å². The summed E-state index contributed by atoms with van der Waals surface area (Å²) in [5.41, 5.74) is 9.66. The number of nitrogen functional groups attached to an aromatic ring is 1. The second-order valence-corrected chi connectivity index (χ2v) is 9.19. The highest BCUT2D eigenvalue weighted by atomic mass is 79.9. The number of ether oxygens (including phenoxy) is 2. The van der Waals surface area contributed by atoms with Crippen LogP contribution in [0.1, 0.15) is 0 Å². The Morgan fingerprint density at radius 3 is 1.64 bits per heavy atom. The zero-order valence-electron chi connectivity index (χ0n) is 19.5. The van der Waals surface area contributed by atoms with Gasteiger partial charge >= 0.3 is 0 Å². The van der Waals surface area contributed by atoms with E-state index < -0.39 is 4.92 Å². The number of nitrogens with one attached hydrogen (secondary N) is 2. The summed E-state index contributed by atoms with van der Waals surface area (Å²) in [6.45, 7) is 0. The molecule has 0 aliphatic rings. The first-order valence-corrected chi connectivity index (χ1v) is 12.2. The molecule has 0 radical (unpaired) electrons. The number of nitrogens with zero attached hydrogens (tertiary/aromatic N) is 1. The van der Waals surface area contributed by atoms with Crippen LogP contribution in [0, 0.1) is 10.1 Å². The topological polar surface area (TPSA) is 112 Å². The smallest absolute Gasteiger partial charge is 0.292 e. The lowest BCUT2D eigenvalue weighted by atomic mass is 10.2. The van der Waals surface area contributed by atoms with Gasteiger partial charge in [0.05, 0.1) is 30.5 Å².